The van der Waals surface area contributed by atoms with E-state index in [-0.39, 0.29) is 11.2 Å². The molecular weight excluding hydrogens is 580 g/mol. The number of fused-ring (bicyclic) bond motifs is 1. The topological polar surface area (TPSA) is 66.3 Å². The fraction of sp³-hybridized carbons (Fsp3) is 0.161. The molecule has 3 heterocycles. The second kappa shape index (κ2) is 11.2. The summed E-state index contributed by atoms with van der Waals surface area (Å²) in [6.07, 6.45) is 2.64. The van der Waals surface area contributed by atoms with Gasteiger partial charge in [-0.2, -0.15) is 0 Å². The number of hydrogen-bond donors (Lipinski definition) is 1. The Labute approximate surface area is 247 Å². The number of aliphatic hydroxyl groups is 1. The average molecular weight is 607 g/mol. The van der Waals surface area contributed by atoms with Gasteiger partial charge in [0.25, 0.3) is 0 Å². The molecule has 0 bridgehead atoms. The van der Waals surface area contributed by atoms with Crippen LogP contribution in [0.5, 0.6) is 0 Å². The first-order chi connectivity index (χ1) is 19.4. The molecule has 0 saturated carbocycles. The third kappa shape index (κ3) is 4.83. The molecule has 0 spiro atoms. The normalized spacial score (nSPS) is 16.4. The van der Waals surface area contributed by atoms with Crippen molar-refractivity contribution in [3.63, 3.8) is 0 Å². The number of aliphatic hydroxyl groups excluding tert-OH is 1. The van der Waals surface area contributed by atoms with Crippen LogP contribution in [0.2, 0.25) is 10.2 Å². The highest BCUT2D eigenvalue weighted by Crippen LogP contribution is 2.56. The molecule has 0 aliphatic carbocycles. The predicted molar refractivity (Wildman–Crippen MR) is 164 cm³/mol. The van der Waals surface area contributed by atoms with Crippen molar-refractivity contribution in [2.75, 3.05) is 6.54 Å². The summed E-state index contributed by atoms with van der Waals surface area (Å²) in [6, 6.07) is 27.0. The highest BCUT2D eigenvalue weighted by Gasteiger charge is 2.43. The number of rotatable bonds is 6. The number of halogens is 2. The summed E-state index contributed by atoms with van der Waals surface area (Å²) in [7, 11) is -3.30. The SMILES string of the molecule is Cc1sc(C(O)c2cncnc2Cl)cc1[C@H]1c2cc(Cl)ccc2CCN1P(=O)(c1ccccc1)c1ccccc1. The van der Waals surface area contributed by atoms with Gasteiger partial charge in [0.05, 0.1) is 6.04 Å². The fourth-order valence-electron chi connectivity index (χ4n) is 5.50. The lowest BCUT2D eigenvalue weighted by Gasteiger charge is -2.42. The Morgan fingerprint density at radius 3 is 2.30 bits per heavy atom. The van der Waals surface area contributed by atoms with E-state index in [4.69, 9.17) is 23.2 Å². The molecule has 202 valence electrons. The summed E-state index contributed by atoms with van der Waals surface area (Å²) >= 11 is 14.4. The van der Waals surface area contributed by atoms with Crippen molar-refractivity contribution >= 4 is 52.4 Å². The largest absolute Gasteiger partial charge is 0.383 e. The quantitative estimate of drug-likeness (QED) is 0.165. The number of aryl methyl sites for hydroxylation is 1. The van der Waals surface area contributed by atoms with Gasteiger partial charge in [0.1, 0.15) is 17.6 Å². The summed E-state index contributed by atoms with van der Waals surface area (Å²) in [5.74, 6) is 0. The van der Waals surface area contributed by atoms with Crippen molar-refractivity contribution in [3.05, 3.63) is 140 Å². The summed E-state index contributed by atoms with van der Waals surface area (Å²) < 4.78 is 17.7. The third-order valence-corrected chi connectivity index (χ3v) is 12.2. The van der Waals surface area contributed by atoms with E-state index in [0.717, 1.165) is 33.0 Å². The van der Waals surface area contributed by atoms with Crippen LogP contribution in [0.25, 0.3) is 0 Å². The molecule has 0 radical (unpaired) electrons. The summed E-state index contributed by atoms with van der Waals surface area (Å²) in [5.41, 5.74) is 3.61. The van der Waals surface area contributed by atoms with Crippen LogP contribution in [0.4, 0.5) is 0 Å². The molecule has 0 saturated heterocycles. The Hall–Kier alpha value is -2.83. The van der Waals surface area contributed by atoms with E-state index in [1.54, 1.807) is 0 Å². The molecule has 0 amide bonds. The predicted octanol–water partition coefficient (Wildman–Crippen LogP) is 7.11. The van der Waals surface area contributed by atoms with Gasteiger partial charge >= 0.3 is 0 Å². The standard InChI is InChI=1S/C31H26Cl2N3O2PS/c1-20-25(17-28(40-20)30(37)27-18-34-19-35-31(27)33)29-26-16-22(32)13-12-21(26)14-15-36(29)39(38,23-8-4-2-5-9-23)24-10-6-3-7-11-24/h2-13,16-19,29-30,37H,14-15H2,1H3/t29-,30?/m0/s1. The Bertz CT molecular complexity index is 1670. The van der Waals surface area contributed by atoms with Gasteiger partial charge in [0.15, 0.2) is 0 Å². The van der Waals surface area contributed by atoms with Crippen LogP contribution in [-0.4, -0.2) is 26.3 Å². The lowest BCUT2D eigenvalue weighted by Crippen LogP contribution is -2.40. The van der Waals surface area contributed by atoms with Gasteiger partial charge < -0.3 is 5.11 Å². The molecule has 1 aliphatic heterocycles. The fourth-order valence-corrected chi connectivity index (χ4v) is 9.94. The number of benzene rings is 3. The van der Waals surface area contributed by atoms with Crippen molar-refractivity contribution in [3.8, 4) is 0 Å². The molecule has 1 unspecified atom stereocenters. The molecule has 5 aromatic rings. The highest BCUT2D eigenvalue weighted by molar-refractivity contribution is 7.76. The first kappa shape index (κ1) is 27.3. The van der Waals surface area contributed by atoms with Crippen molar-refractivity contribution in [1.82, 2.24) is 14.6 Å². The zero-order chi connectivity index (χ0) is 27.9. The number of thiophene rings is 1. The van der Waals surface area contributed by atoms with Gasteiger partial charge in [0, 0.05) is 43.7 Å². The van der Waals surface area contributed by atoms with E-state index >= 15 is 4.57 Å². The summed E-state index contributed by atoms with van der Waals surface area (Å²) in [4.78, 5) is 9.81. The first-order valence-corrected chi connectivity index (χ1v) is 16.1. The minimum Gasteiger partial charge on any atom is -0.383 e. The second-order valence-electron chi connectivity index (χ2n) is 9.74. The van der Waals surface area contributed by atoms with Crippen LogP contribution in [0, 0.1) is 6.92 Å². The second-order valence-corrected chi connectivity index (χ2v) is 14.5. The maximum atomic E-state index is 15.6. The van der Waals surface area contributed by atoms with E-state index in [2.05, 4.69) is 20.7 Å². The molecular formula is C31H26Cl2N3O2PS. The minimum atomic E-state index is -3.30. The van der Waals surface area contributed by atoms with Crippen molar-refractivity contribution in [1.29, 1.82) is 0 Å². The van der Waals surface area contributed by atoms with Crippen molar-refractivity contribution in [2.45, 2.75) is 25.5 Å². The zero-order valence-corrected chi connectivity index (χ0v) is 24.8. The molecule has 3 aromatic carbocycles. The smallest absolute Gasteiger partial charge is 0.208 e. The van der Waals surface area contributed by atoms with Crippen molar-refractivity contribution < 1.29 is 9.67 Å². The van der Waals surface area contributed by atoms with E-state index in [9.17, 15) is 5.11 Å². The van der Waals surface area contributed by atoms with Crippen LogP contribution in [-0.2, 0) is 11.0 Å². The van der Waals surface area contributed by atoms with Gasteiger partial charge in [-0.15, -0.1) is 11.3 Å². The molecule has 1 N–H and O–H groups in total. The monoisotopic (exact) mass is 605 g/mol. The van der Waals surface area contributed by atoms with Crippen LogP contribution in [0.3, 0.4) is 0 Å². The number of nitrogens with zero attached hydrogens (tertiary/aromatic N) is 3. The average Bonchev–Trinajstić information content (AvgIpc) is 3.37. The molecule has 2 atom stereocenters. The molecule has 1 aliphatic rings. The molecule has 9 heteroatoms. The Kier molecular flexibility index (Phi) is 7.66. The van der Waals surface area contributed by atoms with E-state index in [1.165, 1.54) is 29.4 Å². The lowest BCUT2D eigenvalue weighted by atomic mass is 9.89. The van der Waals surface area contributed by atoms with Gasteiger partial charge in [-0.3, -0.25) is 4.57 Å². The van der Waals surface area contributed by atoms with Crippen LogP contribution < -0.4 is 10.6 Å². The van der Waals surface area contributed by atoms with Crippen LogP contribution in [0.15, 0.2) is 97.5 Å². The minimum absolute atomic E-state index is 0.212. The van der Waals surface area contributed by atoms with Gasteiger partial charge in [-0.1, -0.05) is 65.7 Å². The molecule has 40 heavy (non-hydrogen) atoms. The van der Waals surface area contributed by atoms with E-state index in [0.29, 0.717) is 22.0 Å². The van der Waals surface area contributed by atoms with Crippen LogP contribution in [0.1, 0.15) is 44.2 Å². The Balaban J connectivity index is 1.56. The maximum Gasteiger partial charge on any atom is 0.208 e. The molecule has 2 aromatic heterocycles. The number of aromatic nitrogens is 2. The third-order valence-electron chi connectivity index (χ3n) is 7.41. The summed E-state index contributed by atoms with van der Waals surface area (Å²) in [6.45, 7) is 2.62. The Morgan fingerprint density at radius 1 is 0.975 bits per heavy atom. The maximum absolute atomic E-state index is 15.6. The zero-order valence-electron chi connectivity index (χ0n) is 21.6. The molecule has 0 fully saturated rings. The van der Waals surface area contributed by atoms with E-state index < -0.39 is 13.4 Å². The van der Waals surface area contributed by atoms with Crippen molar-refractivity contribution in [2.24, 2.45) is 0 Å². The lowest BCUT2D eigenvalue weighted by molar-refractivity contribution is 0.223. The molecule has 6 rings (SSSR count). The number of hydrogen-bond acceptors (Lipinski definition) is 5. The van der Waals surface area contributed by atoms with Gasteiger partial charge in [-0.05, 0) is 72.5 Å². The first-order valence-electron chi connectivity index (χ1n) is 12.9. The van der Waals surface area contributed by atoms with E-state index in [1.807, 2.05) is 85.8 Å². The van der Waals surface area contributed by atoms with Gasteiger partial charge in [-0.25, -0.2) is 14.6 Å². The van der Waals surface area contributed by atoms with Gasteiger partial charge in [0.2, 0.25) is 7.29 Å². The van der Waals surface area contributed by atoms with Crippen LogP contribution >= 0.6 is 41.8 Å². The highest BCUT2D eigenvalue weighted by atomic mass is 35.5. The Morgan fingerprint density at radius 2 is 1.65 bits per heavy atom. The summed E-state index contributed by atoms with van der Waals surface area (Å²) in [5, 5.41) is 13.7. The molecule has 5 nitrogen and oxygen atoms in total.